The number of hydrogen-bond acceptors (Lipinski definition) is 6. The van der Waals surface area contributed by atoms with Crippen molar-refractivity contribution in [2.75, 3.05) is 31.1 Å². The molecule has 2 aromatic heterocycles. The third kappa shape index (κ3) is 3.36. The van der Waals surface area contributed by atoms with Gasteiger partial charge in [-0.05, 0) is 30.5 Å². The molecule has 7 nitrogen and oxygen atoms in total. The smallest absolute Gasteiger partial charge is 0.255 e. The van der Waals surface area contributed by atoms with Gasteiger partial charge in [0.15, 0.2) is 5.82 Å². The van der Waals surface area contributed by atoms with Gasteiger partial charge < -0.3 is 9.80 Å². The zero-order chi connectivity index (χ0) is 18.5. The zero-order valence-electron chi connectivity index (χ0n) is 15.1. The van der Waals surface area contributed by atoms with Gasteiger partial charge >= 0.3 is 0 Å². The number of piperazine rings is 1. The molecule has 134 valence electrons. The first-order chi connectivity index (χ1) is 12.7. The number of nitriles is 1. The molecule has 1 aliphatic rings. The van der Waals surface area contributed by atoms with Gasteiger partial charge in [0, 0.05) is 38.6 Å². The van der Waals surface area contributed by atoms with Crippen LogP contribution in [0, 0.1) is 11.3 Å². The van der Waals surface area contributed by atoms with E-state index in [0.717, 1.165) is 24.1 Å². The highest BCUT2D eigenvalue weighted by Crippen LogP contribution is 2.24. The number of carbonyl (C=O) groups is 1. The Bertz CT molecular complexity index is 822. The molecular weight excluding hydrogens is 328 g/mol. The number of nitrogens with zero attached hydrogens (tertiary/aromatic N) is 6. The molecular formula is C19H22N6O. The van der Waals surface area contributed by atoms with Crippen molar-refractivity contribution < 1.29 is 4.79 Å². The SMILES string of the molecule is CCc1nnc(N2CCN(C(=O)c3cccnc3)CC2)c(C#N)c1CC. The second-order valence-corrected chi connectivity index (χ2v) is 6.16. The Balaban J connectivity index is 1.76. The number of aromatic nitrogens is 3. The van der Waals surface area contributed by atoms with Crippen LogP contribution in [0.25, 0.3) is 0 Å². The molecule has 0 aliphatic carbocycles. The molecule has 0 atom stereocenters. The maximum absolute atomic E-state index is 12.5. The van der Waals surface area contributed by atoms with Crippen LogP contribution in [-0.4, -0.2) is 52.2 Å². The number of amides is 1. The van der Waals surface area contributed by atoms with Gasteiger partial charge in [0.05, 0.1) is 11.3 Å². The summed E-state index contributed by atoms with van der Waals surface area (Å²) in [6.45, 7) is 6.47. The van der Waals surface area contributed by atoms with Crippen LogP contribution in [0.4, 0.5) is 5.82 Å². The average molecular weight is 350 g/mol. The van der Waals surface area contributed by atoms with Crippen LogP contribution in [0.2, 0.25) is 0 Å². The molecule has 7 heteroatoms. The summed E-state index contributed by atoms with van der Waals surface area (Å²) >= 11 is 0. The van der Waals surface area contributed by atoms with Gasteiger partial charge in [0.1, 0.15) is 11.6 Å². The summed E-state index contributed by atoms with van der Waals surface area (Å²) in [6.07, 6.45) is 4.76. The Morgan fingerprint density at radius 1 is 1.19 bits per heavy atom. The lowest BCUT2D eigenvalue weighted by atomic mass is 10.0. The predicted molar refractivity (Wildman–Crippen MR) is 97.9 cm³/mol. The number of hydrogen-bond donors (Lipinski definition) is 0. The molecule has 0 saturated carbocycles. The van der Waals surface area contributed by atoms with E-state index in [1.54, 1.807) is 24.5 Å². The summed E-state index contributed by atoms with van der Waals surface area (Å²) in [7, 11) is 0. The molecule has 0 N–H and O–H groups in total. The number of rotatable bonds is 4. The Morgan fingerprint density at radius 3 is 2.54 bits per heavy atom. The van der Waals surface area contributed by atoms with E-state index >= 15 is 0 Å². The maximum atomic E-state index is 12.5. The molecule has 26 heavy (non-hydrogen) atoms. The van der Waals surface area contributed by atoms with E-state index in [1.165, 1.54) is 0 Å². The van der Waals surface area contributed by atoms with Gasteiger partial charge in [-0.15, -0.1) is 5.10 Å². The minimum atomic E-state index is -0.0140. The summed E-state index contributed by atoms with van der Waals surface area (Å²) in [4.78, 5) is 20.4. The van der Waals surface area contributed by atoms with Gasteiger partial charge in [-0.3, -0.25) is 9.78 Å². The summed E-state index contributed by atoms with van der Waals surface area (Å²) in [5.41, 5.74) is 3.08. The Morgan fingerprint density at radius 2 is 1.96 bits per heavy atom. The van der Waals surface area contributed by atoms with Crippen molar-refractivity contribution in [1.82, 2.24) is 20.1 Å². The van der Waals surface area contributed by atoms with Gasteiger partial charge in [0.2, 0.25) is 0 Å². The second kappa shape index (κ2) is 7.91. The maximum Gasteiger partial charge on any atom is 0.255 e. The average Bonchev–Trinajstić information content (AvgIpc) is 2.72. The zero-order valence-corrected chi connectivity index (χ0v) is 15.1. The van der Waals surface area contributed by atoms with Crippen LogP contribution in [0.3, 0.4) is 0 Å². The molecule has 3 rings (SSSR count). The van der Waals surface area contributed by atoms with Crippen LogP contribution in [0.1, 0.15) is 41.0 Å². The molecule has 2 aromatic rings. The van der Waals surface area contributed by atoms with E-state index in [-0.39, 0.29) is 5.91 Å². The molecule has 1 saturated heterocycles. The third-order valence-electron chi connectivity index (χ3n) is 4.71. The Labute approximate surface area is 153 Å². The summed E-state index contributed by atoms with van der Waals surface area (Å²) in [5, 5.41) is 18.3. The van der Waals surface area contributed by atoms with E-state index in [4.69, 9.17) is 0 Å². The predicted octanol–water partition coefficient (Wildman–Crippen LogP) is 1.83. The first-order valence-electron chi connectivity index (χ1n) is 8.92. The summed E-state index contributed by atoms with van der Waals surface area (Å²) < 4.78 is 0. The molecule has 0 unspecified atom stereocenters. The van der Waals surface area contributed by atoms with E-state index in [1.807, 2.05) is 18.7 Å². The largest absolute Gasteiger partial charge is 0.350 e. The van der Waals surface area contributed by atoms with Crippen molar-refractivity contribution >= 4 is 11.7 Å². The molecule has 1 fully saturated rings. The topological polar surface area (TPSA) is 86.0 Å². The van der Waals surface area contributed by atoms with Crippen molar-refractivity contribution in [1.29, 1.82) is 5.26 Å². The minimum absolute atomic E-state index is 0.0140. The molecule has 0 radical (unpaired) electrons. The molecule has 1 amide bonds. The van der Waals surface area contributed by atoms with Crippen molar-refractivity contribution in [2.24, 2.45) is 0 Å². The van der Waals surface area contributed by atoms with Crippen molar-refractivity contribution in [3.05, 3.63) is 46.9 Å². The van der Waals surface area contributed by atoms with Crippen LogP contribution in [-0.2, 0) is 12.8 Å². The fourth-order valence-corrected chi connectivity index (χ4v) is 3.29. The van der Waals surface area contributed by atoms with Crippen LogP contribution in [0.15, 0.2) is 24.5 Å². The van der Waals surface area contributed by atoms with Gasteiger partial charge in [-0.25, -0.2) is 0 Å². The van der Waals surface area contributed by atoms with Crippen molar-refractivity contribution in [3.8, 4) is 6.07 Å². The highest BCUT2D eigenvalue weighted by atomic mass is 16.2. The fraction of sp³-hybridized carbons (Fsp3) is 0.421. The lowest BCUT2D eigenvalue weighted by Crippen LogP contribution is -2.49. The first-order valence-corrected chi connectivity index (χ1v) is 8.92. The highest BCUT2D eigenvalue weighted by Gasteiger charge is 2.26. The molecule has 1 aliphatic heterocycles. The normalized spacial score (nSPS) is 14.2. The molecule has 0 aromatic carbocycles. The van der Waals surface area contributed by atoms with Gasteiger partial charge in [-0.1, -0.05) is 13.8 Å². The van der Waals surface area contributed by atoms with Crippen molar-refractivity contribution in [3.63, 3.8) is 0 Å². The van der Waals surface area contributed by atoms with Gasteiger partial charge in [0.25, 0.3) is 5.91 Å². The molecule has 0 spiro atoms. The van der Waals surface area contributed by atoms with Crippen molar-refractivity contribution in [2.45, 2.75) is 26.7 Å². The lowest BCUT2D eigenvalue weighted by Gasteiger charge is -2.35. The van der Waals surface area contributed by atoms with Crippen LogP contribution < -0.4 is 4.90 Å². The Hall–Kier alpha value is -3.01. The number of anilines is 1. The first kappa shape index (κ1) is 17.8. The van der Waals surface area contributed by atoms with Gasteiger partial charge in [-0.2, -0.15) is 10.4 Å². The molecule has 0 bridgehead atoms. The summed E-state index contributed by atoms with van der Waals surface area (Å²) in [5.74, 6) is 0.620. The monoisotopic (exact) mass is 350 g/mol. The standard InChI is InChI=1S/C19H22N6O/c1-3-15-16(12-20)18(23-22-17(15)4-2)24-8-10-25(11-9-24)19(26)14-6-5-7-21-13-14/h5-7,13H,3-4,8-11H2,1-2H3. The van der Waals surface area contributed by atoms with E-state index in [0.29, 0.717) is 43.1 Å². The van der Waals surface area contributed by atoms with Crippen LogP contribution in [0.5, 0.6) is 0 Å². The minimum Gasteiger partial charge on any atom is -0.350 e. The van der Waals surface area contributed by atoms with Crippen LogP contribution >= 0.6 is 0 Å². The quantitative estimate of drug-likeness (QED) is 0.836. The van der Waals surface area contributed by atoms with E-state index in [9.17, 15) is 10.1 Å². The molecule has 3 heterocycles. The van der Waals surface area contributed by atoms with E-state index < -0.39 is 0 Å². The fourth-order valence-electron chi connectivity index (χ4n) is 3.29. The number of pyridine rings is 1. The van der Waals surface area contributed by atoms with E-state index in [2.05, 4.69) is 26.2 Å². The number of carbonyl (C=O) groups excluding carboxylic acids is 1. The lowest BCUT2D eigenvalue weighted by molar-refractivity contribution is 0.0746. The summed E-state index contributed by atoms with van der Waals surface area (Å²) in [6, 6.07) is 5.85. The second-order valence-electron chi connectivity index (χ2n) is 6.16. The Kier molecular flexibility index (Phi) is 5.42. The number of aryl methyl sites for hydroxylation is 1. The highest BCUT2D eigenvalue weighted by molar-refractivity contribution is 5.94. The third-order valence-corrected chi connectivity index (χ3v) is 4.71.